The molecule has 0 aromatic heterocycles. The number of rotatable bonds is 3. The highest BCUT2D eigenvalue weighted by Crippen LogP contribution is 2.15. The van der Waals surface area contributed by atoms with Crippen LogP contribution in [-0.2, 0) is 6.42 Å². The summed E-state index contributed by atoms with van der Waals surface area (Å²) in [6.45, 7) is 0. The predicted octanol–water partition coefficient (Wildman–Crippen LogP) is 1.42. The van der Waals surface area contributed by atoms with Crippen LogP contribution in [-0.4, -0.2) is 18.4 Å². The Bertz CT molecular complexity index is 252. The number of aliphatic hydroxyl groups excluding tert-OH is 1. The van der Waals surface area contributed by atoms with Gasteiger partial charge in [0.1, 0.15) is 6.23 Å². The first kappa shape index (κ1) is 9.52. The Morgan fingerprint density at radius 3 is 2.75 bits per heavy atom. The minimum atomic E-state index is -0.523. The predicted molar refractivity (Wildman–Crippen MR) is 50.2 cm³/mol. The van der Waals surface area contributed by atoms with Crippen molar-refractivity contribution in [3.63, 3.8) is 0 Å². The highest BCUT2D eigenvalue weighted by atomic mass is 35.5. The van der Waals surface area contributed by atoms with Crippen molar-refractivity contribution in [2.24, 2.45) is 0 Å². The molecule has 1 atom stereocenters. The fourth-order valence-electron chi connectivity index (χ4n) is 0.974. The number of aliphatic hydroxyl groups is 1. The Hall–Kier alpha value is -0.570. The topological polar surface area (TPSA) is 32.3 Å². The molecule has 3 heteroatoms. The van der Waals surface area contributed by atoms with E-state index in [1.54, 1.807) is 7.05 Å². The van der Waals surface area contributed by atoms with E-state index in [0.29, 0.717) is 11.4 Å². The summed E-state index contributed by atoms with van der Waals surface area (Å²) in [6.07, 6.45) is 0.0146. The van der Waals surface area contributed by atoms with E-state index in [-0.39, 0.29) is 0 Å². The molecule has 0 aliphatic carbocycles. The van der Waals surface area contributed by atoms with Crippen LogP contribution in [0.2, 0.25) is 5.02 Å². The van der Waals surface area contributed by atoms with Gasteiger partial charge in [-0.15, -0.1) is 0 Å². The van der Waals surface area contributed by atoms with Crippen molar-refractivity contribution in [1.29, 1.82) is 0 Å². The van der Waals surface area contributed by atoms with Gasteiger partial charge in [0.15, 0.2) is 0 Å². The molecule has 0 spiro atoms. The van der Waals surface area contributed by atoms with Crippen molar-refractivity contribution in [1.82, 2.24) is 5.32 Å². The first-order chi connectivity index (χ1) is 5.74. The summed E-state index contributed by atoms with van der Waals surface area (Å²) in [6, 6.07) is 7.50. The number of halogens is 1. The summed E-state index contributed by atoms with van der Waals surface area (Å²) in [7, 11) is 1.71. The van der Waals surface area contributed by atoms with Gasteiger partial charge in [0, 0.05) is 11.4 Å². The average molecular weight is 186 g/mol. The second-order valence-corrected chi connectivity index (χ2v) is 3.01. The molecule has 1 rings (SSSR count). The van der Waals surface area contributed by atoms with Crippen molar-refractivity contribution >= 4 is 11.6 Å². The van der Waals surface area contributed by atoms with E-state index in [1.165, 1.54) is 0 Å². The first-order valence-electron chi connectivity index (χ1n) is 3.83. The van der Waals surface area contributed by atoms with E-state index >= 15 is 0 Å². The lowest BCUT2D eigenvalue weighted by Crippen LogP contribution is -2.26. The number of hydrogen-bond donors (Lipinski definition) is 2. The fourth-order valence-corrected chi connectivity index (χ4v) is 1.19. The maximum absolute atomic E-state index is 9.27. The van der Waals surface area contributed by atoms with Crippen LogP contribution in [0.15, 0.2) is 24.3 Å². The Kier molecular flexibility index (Phi) is 3.53. The monoisotopic (exact) mass is 185 g/mol. The van der Waals surface area contributed by atoms with Crippen LogP contribution in [0, 0.1) is 0 Å². The quantitative estimate of drug-likeness (QED) is 0.699. The maximum atomic E-state index is 9.27. The number of benzene rings is 1. The Labute approximate surface area is 77.2 Å². The van der Waals surface area contributed by atoms with Gasteiger partial charge in [-0.3, -0.25) is 5.32 Å². The van der Waals surface area contributed by atoms with Crippen LogP contribution >= 0.6 is 11.6 Å². The largest absolute Gasteiger partial charge is 0.378 e. The van der Waals surface area contributed by atoms with Crippen LogP contribution < -0.4 is 5.32 Å². The molecule has 0 amide bonds. The van der Waals surface area contributed by atoms with E-state index in [2.05, 4.69) is 5.32 Å². The lowest BCUT2D eigenvalue weighted by Gasteiger charge is -2.09. The second-order valence-electron chi connectivity index (χ2n) is 2.60. The second kappa shape index (κ2) is 4.45. The summed E-state index contributed by atoms with van der Waals surface area (Å²) in [5, 5.41) is 12.7. The molecule has 0 saturated heterocycles. The molecular formula is C9H12ClNO. The summed E-state index contributed by atoms with van der Waals surface area (Å²) in [4.78, 5) is 0. The van der Waals surface area contributed by atoms with Gasteiger partial charge in [-0.2, -0.15) is 0 Å². The molecule has 1 unspecified atom stereocenters. The third kappa shape index (κ3) is 2.48. The van der Waals surface area contributed by atoms with E-state index in [9.17, 15) is 5.11 Å². The van der Waals surface area contributed by atoms with Crippen LogP contribution in [0.5, 0.6) is 0 Å². The normalized spacial score (nSPS) is 12.9. The third-order valence-corrected chi connectivity index (χ3v) is 2.07. The smallest absolute Gasteiger partial charge is 0.108 e. The third-order valence-electron chi connectivity index (χ3n) is 1.70. The highest BCUT2D eigenvalue weighted by Gasteiger charge is 2.04. The van der Waals surface area contributed by atoms with Crippen LogP contribution in [0.25, 0.3) is 0 Å². The molecule has 12 heavy (non-hydrogen) atoms. The molecule has 1 aromatic carbocycles. The highest BCUT2D eigenvalue weighted by molar-refractivity contribution is 6.31. The van der Waals surface area contributed by atoms with Crippen molar-refractivity contribution in [3.05, 3.63) is 34.9 Å². The van der Waals surface area contributed by atoms with E-state index in [1.807, 2.05) is 24.3 Å². The van der Waals surface area contributed by atoms with Gasteiger partial charge in [-0.1, -0.05) is 29.8 Å². The minimum Gasteiger partial charge on any atom is -0.378 e. The molecule has 1 aromatic rings. The fraction of sp³-hybridized carbons (Fsp3) is 0.333. The Morgan fingerprint density at radius 2 is 2.17 bits per heavy atom. The van der Waals surface area contributed by atoms with Crippen LogP contribution in [0.3, 0.4) is 0 Å². The van der Waals surface area contributed by atoms with Gasteiger partial charge < -0.3 is 5.11 Å². The molecule has 0 aliphatic rings. The standard InChI is InChI=1S/C9H12ClNO/c1-11-9(12)6-7-4-2-3-5-8(7)10/h2-5,9,11-12H,6H2,1H3. The minimum absolute atomic E-state index is 0.523. The summed E-state index contributed by atoms with van der Waals surface area (Å²) in [5.74, 6) is 0. The Morgan fingerprint density at radius 1 is 1.50 bits per heavy atom. The number of nitrogens with one attached hydrogen (secondary N) is 1. The van der Waals surface area contributed by atoms with Crippen LogP contribution in [0.1, 0.15) is 5.56 Å². The molecule has 2 N–H and O–H groups in total. The lowest BCUT2D eigenvalue weighted by molar-refractivity contribution is 0.147. The van der Waals surface area contributed by atoms with Crippen molar-refractivity contribution < 1.29 is 5.11 Å². The number of hydrogen-bond acceptors (Lipinski definition) is 2. The first-order valence-corrected chi connectivity index (χ1v) is 4.20. The van der Waals surface area contributed by atoms with Gasteiger partial charge in [0.25, 0.3) is 0 Å². The van der Waals surface area contributed by atoms with E-state index in [0.717, 1.165) is 5.56 Å². The molecule has 0 fully saturated rings. The van der Waals surface area contributed by atoms with Gasteiger partial charge in [0.05, 0.1) is 0 Å². The molecular weight excluding hydrogens is 174 g/mol. The van der Waals surface area contributed by atoms with Crippen molar-refractivity contribution in [3.8, 4) is 0 Å². The molecule has 0 aliphatic heterocycles. The molecule has 66 valence electrons. The van der Waals surface area contributed by atoms with Gasteiger partial charge >= 0.3 is 0 Å². The van der Waals surface area contributed by atoms with Gasteiger partial charge in [-0.05, 0) is 18.7 Å². The van der Waals surface area contributed by atoms with Crippen LogP contribution in [0.4, 0.5) is 0 Å². The summed E-state index contributed by atoms with van der Waals surface area (Å²) >= 11 is 5.89. The lowest BCUT2D eigenvalue weighted by atomic mass is 10.1. The number of likely N-dealkylation sites (N-methyl/N-ethyl adjacent to an activating group) is 1. The van der Waals surface area contributed by atoms with Crippen molar-refractivity contribution in [2.75, 3.05) is 7.05 Å². The zero-order valence-corrected chi connectivity index (χ0v) is 7.67. The maximum Gasteiger partial charge on any atom is 0.108 e. The molecule has 0 saturated carbocycles. The summed E-state index contributed by atoms with van der Waals surface area (Å²) in [5.41, 5.74) is 0.959. The zero-order valence-electron chi connectivity index (χ0n) is 6.92. The van der Waals surface area contributed by atoms with Gasteiger partial charge in [0.2, 0.25) is 0 Å². The van der Waals surface area contributed by atoms with Crippen molar-refractivity contribution in [2.45, 2.75) is 12.6 Å². The SMILES string of the molecule is CNC(O)Cc1ccccc1Cl. The molecule has 0 heterocycles. The van der Waals surface area contributed by atoms with E-state index in [4.69, 9.17) is 11.6 Å². The van der Waals surface area contributed by atoms with E-state index < -0.39 is 6.23 Å². The van der Waals surface area contributed by atoms with Gasteiger partial charge in [-0.25, -0.2) is 0 Å². The summed E-state index contributed by atoms with van der Waals surface area (Å²) < 4.78 is 0. The Balaban J connectivity index is 2.69. The molecule has 0 bridgehead atoms. The molecule has 0 radical (unpaired) electrons. The molecule has 2 nitrogen and oxygen atoms in total. The zero-order chi connectivity index (χ0) is 8.97. The average Bonchev–Trinajstić information content (AvgIpc) is 2.09.